The highest BCUT2D eigenvalue weighted by Crippen LogP contribution is 2.49. The molecule has 0 aromatic heterocycles. The van der Waals surface area contributed by atoms with Crippen LogP contribution in [0.5, 0.6) is 0 Å². The molecular weight excluding hydrogens is 472 g/mol. The van der Waals surface area contributed by atoms with Gasteiger partial charge in [-0.25, -0.2) is 4.79 Å². The van der Waals surface area contributed by atoms with Crippen LogP contribution >= 0.6 is 0 Å². The molecule has 2 N–H and O–H groups in total. The first-order chi connectivity index (χ1) is 16.7. The van der Waals surface area contributed by atoms with Gasteiger partial charge in [0.1, 0.15) is 0 Å². The second-order valence-corrected chi connectivity index (χ2v) is 12.6. The maximum atomic E-state index is 13.5. The Labute approximate surface area is 215 Å². The Kier molecular flexibility index (Phi) is 7.67. The van der Waals surface area contributed by atoms with Crippen LogP contribution in [-0.4, -0.2) is 26.2 Å². The maximum Gasteiger partial charge on any atom is 0.426 e. The lowest BCUT2D eigenvalue weighted by Gasteiger charge is -2.48. The van der Waals surface area contributed by atoms with Crippen molar-refractivity contribution >= 4 is 22.0 Å². The zero-order valence-corrected chi connectivity index (χ0v) is 22.6. The fraction of sp³-hybridized carbons (Fsp3) is 0.345. The molecule has 6 nitrogen and oxygen atoms in total. The highest BCUT2D eigenvalue weighted by atomic mass is 32.2. The van der Waals surface area contributed by atoms with Gasteiger partial charge in [-0.15, -0.1) is 0 Å². The van der Waals surface area contributed by atoms with Crippen molar-refractivity contribution in [1.82, 2.24) is 4.72 Å². The van der Waals surface area contributed by atoms with Crippen molar-refractivity contribution in [3.8, 4) is 0 Å². The molecule has 0 aliphatic heterocycles. The van der Waals surface area contributed by atoms with Gasteiger partial charge in [0.25, 0.3) is 0 Å². The Morgan fingerprint density at radius 2 is 1.25 bits per heavy atom. The topological polar surface area (TPSA) is 86.7 Å². The molecule has 1 amide bonds. The molecule has 1 unspecified atom stereocenters. The van der Waals surface area contributed by atoms with E-state index in [2.05, 4.69) is 58.4 Å². The highest BCUT2D eigenvalue weighted by Gasteiger charge is 2.48. The van der Waals surface area contributed by atoms with E-state index in [9.17, 15) is 18.3 Å². The summed E-state index contributed by atoms with van der Waals surface area (Å²) < 4.78 is 30.1. The molecule has 7 heteroatoms. The summed E-state index contributed by atoms with van der Waals surface area (Å²) in [7, 11) is -4.45. The zero-order chi connectivity index (χ0) is 26.8. The number of carboxylic acid groups (broad SMARTS) is 1. The van der Waals surface area contributed by atoms with Crippen LogP contribution < -0.4 is 9.03 Å². The van der Waals surface area contributed by atoms with Crippen LogP contribution in [0, 0.1) is 5.41 Å². The fourth-order valence-electron chi connectivity index (χ4n) is 4.87. The van der Waals surface area contributed by atoms with Crippen molar-refractivity contribution in [3.05, 3.63) is 102 Å². The van der Waals surface area contributed by atoms with Gasteiger partial charge < -0.3 is 5.11 Å². The molecule has 3 rings (SSSR count). The monoisotopic (exact) mass is 508 g/mol. The number of carbonyl (C=O) groups is 1. The first kappa shape index (κ1) is 27.4. The number of hydrogen-bond donors (Lipinski definition) is 2. The Morgan fingerprint density at radius 3 is 1.72 bits per heavy atom. The fourth-order valence-corrected chi connectivity index (χ4v) is 6.00. The van der Waals surface area contributed by atoms with Crippen molar-refractivity contribution in [1.29, 1.82) is 0 Å². The smallest absolute Gasteiger partial charge is 0.426 e. The van der Waals surface area contributed by atoms with Crippen LogP contribution in [0.4, 0.5) is 10.5 Å². The van der Waals surface area contributed by atoms with E-state index < -0.39 is 27.1 Å². The number of hydrogen-bond acceptors (Lipinski definition) is 3. The number of para-hydroxylation sites is 1. The molecule has 0 saturated carbocycles. The molecule has 0 aliphatic carbocycles. The summed E-state index contributed by atoms with van der Waals surface area (Å²) in [5, 5.41) is 9.84. The summed E-state index contributed by atoms with van der Waals surface area (Å²) in [6.45, 7) is 12.6. The number of benzene rings is 3. The van der Waals surface area contributed by atoms with Crippen molar-refractivity contribution in [2.24, 2.45) is 5.41 Å². The number of anilines is 1. The van der Waals surface area contributed by atoms with Crippen molar-refractivity contribution in [2.45, 2.75) is 52.4 Å². The van der Waals surface area contributed by atoms with Crippen molar-refractivity contribution in [3.63, 3.8) is 0 Å². The largest absolute Gasteiger partial charge is 0.464 e. The standard InChI is InChI=1S/C29H36N2O4S/c1-27(2,3)24-19-13-14-20-25(24)29(28(4,5)6,22-15-9-7-10-16-22)21-30-36(34,35)31(26(32)33)23-17-11-8-12-18-23/h7-20,30H,21H2,1-6H3,(H,32,33). The summed E-state index contributed by atoms with van der Waals surface area (Å²) >= 11 is 0. The van der Waals surface area contributed by atoms with Crippen LogP contribution in [0.1, 0.15) is 58.2 Å². The average Bonchev–Trinajstić information content (AvgIpc) is 2.79. The molecule has 1 atom stereocenters. The first-order valence-corrected chi connectivity index (χ1v) is 13.4. The van der Waals surface area contributed by atoms with Crippen LogP contribution in [0.15, 0.2) is 84.9 Å². The van der Waals surface area contributed by atoms with Crippen LogP contribution in [-0.2, 0) is 21.0 Å². The first-order valence-electron chi connectivity index (χ1n) is 12.0. The van der Waals surface area contributed by atoms with Gasteiger partial charge in [-0.05, 0) is 39.7 Å². The van der Waals surface area contributed by atoms with Crippen molar-refractivity contribution in [2.75, 3.05) is 10.8 Å². The maximum absolute atomic E-state index is 13.5. The number of rotatable bonds is 7. The van der Waals surface area contributed by atoms with E-state index in [1.165, 1.54) is 12.1 Å². The molecule has 0 aliphatic rings. The normalized spacial score (nSPS) is 14.2. The number of amides is 1. The third-order valence-electron chi connectivity index (χ3n) is 6.67. The quantitative estimate of drug-likeness (QED) is 0.390. The molecule has 0 spiro atoms. The molecule has 0 fully saturated rings. The molecule has 0 bridgehead atoms. The van der Waals surface area contributed by atoms with E-state index in [4.69, 9.17) is 0 Å². The van der Waals surface area contributed by atoms with Crippen LogP contribution in [0.3, 0.4) is 0 Å². The van der Waals surface area contributed by atoms with Gasteiger partial charge in [0.05, 0.1) is 5.69 Å². The molecule has 3 aromatic carbocycles. The second-order valence-electron chi connectivity index (χ2n) is 11.0. The van der Waals surface area contributed by atoms with Crippen molar-refractivity contribution < 1.29 is 18.3 Å². The average molecular weight is 509 g/mol. The van der Waals surface area contributed by atoms with E-state index in [1.807, 2.05) is 42.5 Å². The summed E-state index contributed by atoms with van der Waals surface area (Å²) in [5.74, 6) is 0. The lowest BCUT2D eigenvalue weighted by atomic mass is 9.57. The Morgan fingerprint density at radius 1 is 0.778 bits per heavy atom. The van der Waals surface area contributed by atoms with E-state index in [-0.39, 0.29) is 17.6 Å². The van der Waals surface area contributed by atoms with Gasteiger partial charge in [0.15, 0.2) is 0 Å². The third kappa shape index (κ3) is 5.32. The Bertz CT molecular complexity index is 1290. The second kappa shape index (κ2) is 10.1. The SMILES string of the molecule is CC(C)(C)c1ccccc1C(CNS(=O)(=O)N(C(=O)O)c1ccccc1)(c1ccccc1)C(C)(C)C. The highest BCUT2D eigenvalue weighted by molar-refractivity contribution is 7.91. The predicted octanol–water partition coefficient (Wildman–Crippen LogP) is 6.34. The summed E-state index contributed by atoms with van der Waals surface area (Å²) in [5.41, 5.74) is 1.61. The minimum Gasteiger partial charge on any atom is -0.464 e. The lowest BCUT2D eigenvalue weighted by molar-refractivity contribution is 0.205. The molecule has 3 aromatic rings. The van der Waals surface area contributed by atoms with E-state index in [1.54, 1.807) is 18.2 Å². The van der Waals surface area contributed by atoms with Gasteiger partial charge in [0.2, 0.25) is 0 Å². The van der Waals surface area contributed by atoms with E-state index >= 15 is 0 Å². The van der Waals surface area contributed by atoms with E-state index in [0.717, 1.165) is 16.7 Å². The molecule has 36 heavy (non-hydrogen) atoms. The summed E-state index contributed by atoms with van der Waals surface area (Å²) in [4.78, 5) is 12.1. The number of nitrogens with zero attached hydrogens (tertiary/aromatic N) is 1. The van der Waals surface area contributed by atoms with Gasteiger partial charge in [-0.3, -0.25) is 0 Å². The van der Waals surface area contributed by atoms with Gasteiger partial charge in [0, 0.05) is 12.0 Å². The van der Waals surface area contributed by atoms with Gasteiger partial charge in [-0.2, -0.15) is 17.4 Å². The molecule has 0 saturated heterocycles. The molecular formula is C29H36N2O4S. The van der Waals surface area contributed by atoms with Crippen LogP contribution in [0.25, 0.3) is 0 Å². The lowest BCUT2D eigenvalue weighted by Crippen LogP contribution is -2.54. The van der Waals surface area contributed by atoms with E-state index in [0.29, 0.717) is 4.31 Å². The Balaban J connectivity index is 2.24. The molecule has 192 valence electrons. The third-order valence-corrected chi connectivity index (χ3v) is 8.02. The summed E-state index contributed by atoms with van der Waals surface area (Å²) in [6, 6.07) is 25.7. The minimum atomic E-state index is -4.45. The minimum absolute atomic E-state index is 0.0352. The predicted molar refractivity (Wildman–Crippen MR) is 146 cm³/mol. The zero-order valence-electron chi connectivity index (χ0n) is 21.8. The number of nitrogens with one attached hydrogen (secondary N) is 1. The molecule has 0 heterocycles. The van der Waals surface area contributed by atoms with Crippen LogP contribution in [0.2, 0.25) is 0 Å². The van der Waals surface area contributed by atoms with Gasteiger partial charge in [-0.1, -0.05) is 114 Å². The molecule has 0 radical (unpaired) electrons. The Hall–Kier alpha value is -3.16. The van der Waals surface area contributed by atoms with Gasteiger partial charge >= 0.3 is 16.3 Å². The summed E-state index contributed by atoms with van der Waals surface area (Å²) in [6.07, 6.45) is -1.58.